The summed E-state index contributed by atoms with van der Waals surface area (Å²) in [4.78, 5) is 37.8. The van der Waals surface area contributed by atoms with Crippen LogP contribution in [-0.2, 0) is 16.1 Å². The summed E-state index contributed by atoms with van der Waals surface area (Å²) in [6.07, 6.45) is -0.0644. The van der Waals surface area contributed by atoms with Crippen LogP contribution < -0.4 is 5.32 Å². The van der Waals surface area contributed by atoms with Gasteiger partial charge in [-0.1, -0.05) is 29.8 Å². The van der Waals surface area contributed by atoms with Gasteiger partial charge in [0, 0.05) is 6.54 Å². The van der Waals surface area contributed by atoms with Crippen LogP contribution in [0.25, 0.3) is 10.2 Å². The van der Waals surface area contributed by atoms with Gasteiger partial charge in [0.15, 0.2) is 0 Å². The number of urea groups is 1. The molecule has 2 aromatic carbocycles. The van der Waals surface area contributed by atoms with Gasteiger partial charge < -0.3 is 9.84 Å². The van der Waals surface area contributed by atoms with Gasteiger partial charge in [-0.15, -0.1) is 11.3 Å². The van der Waals surface area contributed by atoms with Crippen LogP contribution in [-0.4, -0.2) is 57.4 Å². The molecule has 1 aromatic heterocycles. The number of fused-ring (bicyclic) bond motifs is 1. The van der Waals surface area contributed by atoms with Crippen LogP contribution in [0.5, 0.6) is 0 Å². The van der Waals surface area contributed by atoms with E-state index in [-0.39, 0.29) is 25.1 Å². The number of aromatic nitrogens is 1. The zero-order valence-corrected chi connectivity index (χ0v) is 21.3. The van der Waals surface area contributed by atoms with E-state index in [1.807, 2.05) is 56.3 Å². The fraction of sp³-hybridized carbons (Fsp3) is 0.385. The number of amides is 2. The summed E-state index contributed by atoms with van der Waals surface area (Å²) in [5, 5.41) is 15.2. The van der Waals surface area contributed by atoms with E-state index < -0.39 is 17.8 Å². The molecule has 0 bridgehead atoms. The molecule has 1 saturated heterocycles. The number of nitrogens with one attached hydrogen (secondary N) is 1. The van der Waals surface area contributed by atoms with E-state index in [0.717, 1.165) is 26.4 Å². The first-order valence-electron chi connectivity index (χ1n) is 12.0. The van der Waals surface area contributed by atoms with Gasteiger partial charge >= 0.3 is 12.0 Å². The standard InChI is InChI=1S/C26H29N5O4S/c1-4-35-22(32)26(11-12-26)15-31-24(33)29-23(28-19-9-10-20-21(13-19)36-17(3)27-20)30(25(31)34)14-18-7-5-16(2)6-8-18/h5-10,13,25,34H,4,11-12,14-15H2,1-3H3,(H,28,29,33). The number of hydrogen-bond donors (Lipinski definition) is 2. The molecule has 5 rings (SSSR count). The third-order valence-corrected chi connectivity index (χ3v) is 7.47. The average Bonchev–Trinajstić information content (AvgIpc) is 3.54. The fourth-order valence-corrected chi connectivity index (χ4v) is 5.18. The van der Waals surface area contributed by atoms with E-state index in [4.69, 9.17) is 9.73 Å². The molecule has 1 aliphatic heterocycles. The molecule has 9 nitrogen and oxygen atoms in total. The van der Waals surface area contributed by atoms with Crippen molar-refractivity contribution in [1.29, 1.82) is 0 Å². The Labute approximate surface area is 213 Å². The van der Waals surface area contributed by atoms with E-state index >= 15 is 0 Å². The Hall–Kier alpha value is -3.50. The van der Waals surface area contributed by atoms with Crippen molar-refractivity contribution in [2.45, 2.75) is 46.5 Å². The number of rotatable bonds is 7. The maximum Gasteiger partial charge on any atom is 0.327 e. The third kappa shape index (κ3) is 4.78. The zero-order chi connectivity index (χ0) is 25.4. The van der Waals surface area contributed by atoms with Crippen LogP contribution in [0.4, 0.5) is 10.5 Å². The van der Waals surface area contributed by atoms with E-state index in [1.165, 1.54) is 4.90 Å². The van der Waals surface area contributed by atoms with E-state index in [2.05, 4.69) is 10.3 Å². The highest BCUT2D eigenvalue weighted by Crippen LogP contribution is 2.48. The second-order valence-corrected chi connectivity index (χ2v) is 10.6. The topological polar surface area (TPSA) is 107 Å². The van der Waals surface area contributed by atoms with Crippen molar-refractivity contribution in [2.24, 2.45) is 10.4 Å². The Bertz CT molecular complexity index is 1330. The monoisotopic (exact) mass is 507 g/mol. The maximum absolute atomic E-state index is 13.1. The van der Waals surface area contributed by atoms with Crippen molar-refractivity contribution in [3.8, 4) is 0 Å². The first-order chi connectivity index (χ1) is 17.3. The quantitative estimate of drug-likeness (QED) is 0.467. The molecule has 36 heavy (non-hydrogen) atoms. The highest BCUT2D eigenvalue weighted by Gasteiger charge is 2.55. The molecule has 2 fully saturated rings. The van der Waals surface area contributed by atoms with Gasteiger partial charge in [0.1, 0.15) is 0 Å². The van der Waals surface area contributed by atoms with Gasteiger partial charge in [-0.25, -0.2) is 14.8 Å². The highest BCUT2D eigenvalue weighted by atomic mass is 32.1. The number of aliphatic imine (C=N–C) groups is 1. The minimum atomic E-state index is -1.31. The normalized spacial score (nSPS) is 20.1. The van der Waals surface area contributed by atoms with Gasteiger partial charge in [-0.05, 0) is 57.4 Å². The second-order valence-electron chi connectivity index (χ2n) is 9.34. The van der Waals surface area contributed by atoms with E-state index in [9.17, 15) is 14.7 Å². The number of thiazole rings is 1. The highest BCUT2D eigenvalue weighted by molar-refractivity contribution is 7.18. The van der Waals surface area contributed by atoms with Crippen molar-refractivity contribution in [1.82, 2.24) is 20.1 Å². The number of carbonyl (C=O) groups excluding carboxylic acids is 2. The Morgan fingerprint density at radius 3 is 2.67 bits per heavy atom. The number of nitrogens with zero attached hydrogens (tertiary/aromatic N) is 4. The predicted molar refractivity (Wildman–Crippen MR) is 138 cm³/mol. The molecule has 0 radical (unpaired) electrons. The summed E-state index contributed by atoms with van der Waals surface area (Å²) >= 11 is 1.57. The summed E-state index contributed by atoms with van der Waals surface area (Å²) in [6, 6.07) is 13.1. The minimum absolute atomic E-state index is 0.0720. The molecule has 3 aromatic rings. The molecular formula is C26H29N5O4S. The number of benzene rings is 2. The van der Waals surface area contributed by atoms with Gasteiger partial charge in [0.25, 0.3) is 0 Å². The molecule has 2 heterocycles. The third-order valence-electron chi connectivity index (χ3n) is 6.53. The first-order valence-corrected chi connectivity index (χ1v) is 12.8. The molecule has 1 saturated carbocycles. The van der Waals surface area contributed by atoms with Crippen LogP contribution in [0.2, 0.25) is 0 Å². The first kappa shape index (κ1) is 24.2. The largest absolute Gasteiger partial charge is 0.466 e. The van der Waals surface area contributed by atoms with Crippen molar-refractivity contribution in [3.05, 3.63) is 58.6 Å². The predicted octanol–water partition coefficient (Wildman–Crippen LogP) is 4.05. The number of aliphatic hydroxyl groups is 1. The van der Waals surface area contributed by atoms with Crippen molar-refractivity contribution in [3.63, 3.8) is 0 Å². The molecule has 0 spiro atoms. The smallest absolute Gasteiger partial charge is 0.327 e. The van der Waals surface area contributed by atoms with Crippen molar-refractivity contribution in [2.75, 3.05) is 13.2 Å². The zero-order valence-electron chi connectivity index (χ0n) is 20.5. The molecule has 10 heteroatoms. The van der Waals surface area contributed by atoms with Crippen LogP contribution in [0.3, 0.4) is 0 Å². The Balaban J connectivity index is 1.46. The maximum atomic E-state index is 13.1. The van der Waals surface area contributed by atoms with Crippen LogP contribution >= 0.6 is 11.3 Å². The number of carbonyl (C=O) groups is 2. The summed E-state index contributed by atoms with van der Waals surface area (Å²) < 4.78 is 6.23. The summed E-state index contributed by atoms with van der Waals surface area (Å²) in [5.74, 6) is -0.0893. The van der Waals surface area contributed by atoms with E-state index in [1.54, 1.807) is 23.2 Å². The molecule has 2 N–H and O–H groups in total. The van der Waals surface area contributed by atoms with Crippen LogP contribution in [0.1, 0.15) is 35.9 Å². The molecule has 188 valence electrons. The van der Waals surface area contributed by atoms with Crippen LogP contribution in [0, 0.1) is 19.3 Å². The van der Waals surface area contributed by atoms with Gasteiger partial charge in [-0.3, -0.25) is 19.9 Å². The van der Waals surface area contributed by atoms with Gasteiger partial charge in [-0.2, -0.15) is 0 Å². The minimum Gasteiger partial charge on any atom is -0.466 e. The lowest BCUT2D eigenvalue weighted by atomic mass is 10.1. The molecule has 2 aliphatic rings. The van der Waals surface area contributed by atoms with Crippen molar-refractivity contribution < 1.29 is 19.4 Å². The number of hydrogen-bond acceptors (Lipinski definition) is 7. The fourth-order valence-electron chi connectivity index (χ4n) is 4.32. The molecule has 1 atom stereocenters. The SMILES string of the molecule is CCOC(=O)C1(CN2C(=O)NC(=Nc3ccc4nc(C)sc4c3)N(Cc3ccc(C)cc3)C2O)CC1. The second kappa shape index (κ2) is 9.51. The molecule has 1 aliphatic carbocycles. The van der Waals surface area contributed by atoms with Gasteiger partial charge in [0.05, 0.1) is 39.5 Å². The number of aliphatic hydroxyl groups excluding tert-OH is 1. The lowest BCUT2D eigenvalue weighted by Crippen LogP contribution is -2.66. The number of aryl methyl sites for hydroxylation is 2. The summed E-state index contributed by atoms with van der Waals surface area (Å²) in [7, 11) is 0. The summed E-state index contributed by atoms with van der Waals surface area (Å²) in [6.45, 7) is 6.38. The van der Waals surface area contributed by atoms with Crippen molar-refractivity contribution >= 4 is 45.2 Å². The number of esters is 1. The van der Waals surface area contributed by atoms with Crippen LogP contribution in [0.15, 0.2) is 47.5 Å². The average molecular weight is 508 g/mol. The Kier molecular flexibility index (Phi) is 6.40. The lowest BCUT2D eigenvalue weighted by molar-refractivity contribution is -0.152. The Morgan fingerprint density at radius 2 is 1.97 bits per heavy atom. The van der Waals surface area contributed by atoms with E-state index in [0.29, 0.717) is 25.1 Å². The molecular weight excluding hydrogens is 478 g/mol. The Morgan fingerprint density at radius 1 is 1.22 bits per heavy atom. The molecule has 2 amide bonds. The number of guanidine groups is 1. The summed E-state index contributed by atoms with van der Waals surface area (Å²) in [5.41, 5.74) is 2.84. The number of ether oxygens (including phenoxy) is 1. The lowest BCUT2D eigenvalue weighted by Gasteiger charge is -2.43. The van der Waals surface area contributed by atoms with Gasteiger partial charge in [0.2, 0.25) is 12.3 Å². The molecule has 1 unspecified atom stereocenters.